The van der Waals surface area contributed by atoms with Gasteiger partial charge in [-0.05, 0) is 4.90 Å². The van der Waals surface area contributed by atoms with Crippen LogP contribution in [0.15, 0.2) is 52.6 Å². The van der Waals surface area contributed by atoms with E-state index < -0.39 is 0 Å². The van der Waals surface area contributed by atoms with Crippen LogP contribution in [0, 0.1) is 5.21 Å². The van der Waals surface area contributed by atoms with Crippen molar-refractivity contribution in [3.63, 3.8) is 0 Å². The van der Waals surface area contributed by atoms with Crippen LogP contribution in [0.25, 0.3) is 11.3 Å². The smallest absolute Gasteiger partial charge is 0.283 e. The van der Waals surface area contributed by atoms with Gasteiger partial charge in [0.2, 0.25) is 5.69 Å². The monoisotopic (exact) mass is 234 g/mol. The predicted octanol–water partition coefficient (Wildman–Crippen LogP) is 2.25. The molecule has 1 aromatic heterocycles. The fourth-order valence-corrected chi connectivity index (χ4v) is 1.98. The van der Waals surface area contributed by atoms with E-state index in [-0.39, 0.29) is 0 Å². The highest BCUT2D eigenvalue weighted by atomic mass is 32.2. The molecule has 0 radical (unpaired) electrons. The summed E-state index contributed by atoms with van der Waals surface area (Å²) < 4.78 is 4.60. The molecular formula is C11H10N2O2S. The van der Waals surface area contributed by atoms with Crippen molar-refractivity contribution in [3.05, 3.63) is 48.2 Å². The summed E-state index contributed by atoms with van der Waals surface area (Å²) in [4.78, 5) is 0.431. The van der Waals surface area contributed by atoms with E-state index in [0.29, 0.717) is 21.4 Å². The molecule has 0 amide bonds. The minimum Gasteiger partial charge on any atom is -0.359 e. The lowest BCUT2D eigenvalue weighted by atomic mass is 10.2. The molecule has 0 aliphatic heterocycles. The summed E-state index contributed by atoms with van der Waals surface area (Å²) in [7, 11) is 0. The predicted molar refractivity (Wildman–Crippen MR) is 61.8 cm³/mol. The van der Waals surface area contributed by atoms with Crippen LogP contribution in [0.3, 0.4) is 0 Å². The van der Waals surface area contributed by atoms with Crippen LogP contribution in [-0.4, -0.2) is 10.9 Å². The van der Waals surface area contributed by atoms with Gasteiger partial charge in [0.15, 0.2) is 0 Å². The second-order valence-corrected chi connectivity index (χ2v) is 4.06. The molecule has 0 fully saturated rings. The van der Waals surface area contributed by atoms with Gasteiger partial charge in [-0.1, -0.05) is 48.2 Å². The maximum absolute atomic E-state index is 11.5. The zero-order valence-electron chi connectivity index (χ0n) is 8.50. The molecule has 1 aromatic carbocycles. The van der Waals surface area contributed by atoms with Crippen molar-refractivity contribution in [1.29, 1.82) is 0 Å². The van der Waals surface area contributed by atoms with Crippen LogP contribution in [0.5, 0.6) is 0 Å². The second-order valence-electron chi connectivity index (χ2n) is 3.05. The molecule has 0 atom stereocenters. The molecule has 82 valence electrons. The van der Waals surface area contributed by atoms with Crippen molar-refractivity contribution < 1.29 is 9.53 Å². The van der Waals surface area contributed by atoms with Crippen LogP contribution in [0.4, 0.5) is 0 Å². The Bertz CT molecular complexity index is 482. The van der Waals surface area contributed by atoms with Crippen LogP contribution in [-0.2, 0) is 0 Å². The van der Waals surface area contributed by atoms with E-state index in [1.165, 1.54) is 11.8 Å². The van der Waals surface area contributed by atoms with Gasteiger partial charge in [-0.3, -0.25) is 4.63 Å². The zero-order chi connectivity index (χ0) is 11.4. The first-order valence-electron chi connectivity index (χ1n) is 4.71. The van der Waals surface area contributed by atoms with Crippen molar-refractivity contribution >= 4 is 11.8 Å². The summed E-state index contributed by atoms with van der Waals surface area (Å²) >= 11 is 1.42. The molecule has 1 heterocycles. The second kappa shape index (κ2) is 4.85. The quantitative estimate of drug-likeness (QED) is 0.462. The summed E-state index contributed by atoms with van der Waals surface area (Å²) in [6.07, 6.45) is 1.75. The van der Waals surface area contributed by atoms with E-state index in [1.807, 2.05) is 30.3 Å². The topological polar surface area (TPSA) is 53.0 Å². The first-order chi connectivity index (χ1) is 7.83. The molecule has 0 saturated carbocycles. The van der Waals surface area contributed by atoms with Crippen LogP contribution < -0.4 is 4.90 Å². The molecule has 5 heteroatoms. The molecule has 0 bridgehead atoms. The summed E-state index contributed by atoms with van der Waals surface area (Å²) in [5, 5.41) is 15.8. The summed E-state index contributed by atoms with van der Waals surface area (Å²) in [5.74, 6) is 0.687. The largest absolute Gasteiger partial charge is 0.359 e. The number of nitrogens with zero attached hydrogens (tertiary/aromatic N) is 2. The van der Waals surface area contributed by atoms with Gasteiger partial charge in [0.1, 0.15) is 0 Å². The standard InChI is InChI=1S/C11H10N2O2S/c1-2-8-16-11-10(13(14)15-12-11)9-6-4-3-5-7-9/h2-7H,1,8H2. The van der Waals surface area contributed by atoms with Crippen molar-refractivity contribution in [2.75, 3.05) is 5.75 Å². The molecule has 0 unspecified atom stereocenters. The Balaban J connectivity index is 2.39. The first kappa shape index (κ1) is 10.8. The molecule has 0 N–H and O–H groups in total. The average molecular weight is 234 g/mol. The normalized spacial score (nSPS) is 10.2. The van der Waals surface area contributed by atoms with Gasteiger partial charge in [0.25, 0.3) is 5.03 Å². The Labute approximate surface area is 97.1 Å². The Hall–Kier alpha value is -1.75. The van der Waals surface area contributed by atoms with Gasteiger partial charge in [-0.25, -0.2) is 0 Å². The van der Waals surface area contributed by atoms with Crippen molar-refractivity contribution in [3.8, 4) is 11.3 Å². The molecule has 2 aromatic rings. The first-order valence-corrected chi connectivity index (χ1v) is 5.70. The summed E-state index contributed by atoms with van der Waals surface area (Å²) in [5.41, 5.74) is 1.25. The molecular weight excluding hydrogens is 224 g/mol. The van der Waals surface area contributed by atoms with E-state index in [2.05, 4.69) is 16.4 Å². The zero-order valence-corrected chi connectivity index (χ0v) is 9.31. The highest BCUT2D eigenvalue weighted by molar-refractivity contribution is 7.99. The van der Waals surface area contributed by atoms with E-state index >= 15 is 0 Å². The van der Waals surface area contributed by atoms with Gasteiger partial charge in [-0.2, -0.15) is 0 Å². The fourth-order valence-electron chi connectivity index (χ4n) is 1.29. The summed E-state index contributed by atoms with van der Waals surface area (Å²) in [6, 6.07) is 9.31. The van der Waals surface area contributed by atoms with Crippen LogP contribution >= 0.6 is 11.8 Å². The lowest BCUT2D eigenvalue weighted by molar-refractivity contribution is -0.793. The van der Waals surface area contributed by atoms with E-state index in [1.54, 1.807) is 6.08 Å². The van der Waals surface area contributed by atoms with Crippen LogP contribution in [0.1, 0.15) is 0 Å². The maximum Gasteiger partial charge on any atom is 0.283 e. The van der Waals surface area contributed by atoms with Gasteiger partial charge < -0.3 is 5.21 Å². The lowest BCUT2D eigenvalue weighted by Crippen LogP contribution is -2.25. The van der Waals surface area contributed by atoms with E-state index in [9.17, 15) is 5.21 Å². The third-order valence-corrected chi connectivity index (χ3v) is 2.91. The third kappa shape index (κ3) is 2.09. The average Bonchev–Trinajstić information content (AvgIpc) is 2.69. The molecule has 2 rings (SSSR count). The van der Waals surface area contributed by atoms with Gasteiger partial charge in [0, 0.05) is 11.3 Å². The number of hydrogen-bond acceptors (Lipinski definition) is 4. The van der Waals surface area contributed by atoms with Crippen molar-refractivity contribution in [2.24, 2.45) is 0 Å². The highest BCUT2D eigenvalue weighted by Gasteiger charge is 2.20. The SMILES string of the molecule is C=CCSc1no[n+]([O-])c1-c1ccccc1. The van der Waals surface area contributed by atoms with Gasteiger partial charge in [-0.15, -0.1) is 6.58 Å². The lowest BCUT2D eigenvalue weighted by Gasteiger charge is -1.96. The Morgan fingerprint density at radius 2 is 2.19 bits per heavy atom. The van der Waals surface area contributed by atoms with Crippen molar-refractivity contribution in [1.82, 2.24) is 5.16 Å². The molecule has 0 saturated heterocycles. The number of benzene rings is 1. The Morgan fingerprint density at radius 3 is 2.88 bits per heavy atom. The van der Waals surface area contributed by atoms with Gasteiger partial charge >= 0.3 is 0 Å². The van der Waals surface area contributed by atoms with Gasteiger partial charge in [0.05, 0.1) is 5.16 Å². The Kier molecular flexibility index (Phi) is 3.26. The van der Waals surface area contributed by atoms with E-state index in [0.717, 1.165) is 5.56 Å². The molecule has 0 spiro atoms. The molecule has 0 aliphatic carbocycles. The minimum atomic E-state index is 0.431. The number of thioether (sulfide) groups is 1. The van der Waals surface area contributed by atoms with E-state index in [4.69, 9.17) is 0 Å². The van der Waals surface area contributed by atoms with Crippen molar-refractivity contribution in [2.45, 2.75) is 5.03 Å². The molecule has 0 aliphatic rings. The third-order valence-electron chi connectivity index (χ3n) is 1.97. The molecule has 16 heavy (non-hydrogen) atoms. The van der Waals surface area contributed by atoms with Crippen LogP contribution in [0.2, 0.25) is 0 Å². The number of rotatable bonds is 4. The fraction of sp³-hybridized carbons (Fsp3) is 0.0909. The Morgan fingerprint density at radius 1 is 1.44 bits per heavy atom. The highest BCUT2D eigenvalue weighted by Crippen LogP contribution is 2.26. The maximum atomic E-state index is 11.5. The molecule has 4 nitrogen and oxygen atoms in total. The number of hydrogen-bond donors (Lipinski definition) is 0. The minimum absolute atomic E-state index is 0.431. The summed E-state index contributed by atoms with van der Waals surface area (Å²) in [6.45, 7) is 3.62. The number of aromatic nitrogens is 2.